The van der Waals surface area contributed by atoms with E-state index >= 15 is 0 Å². The van der Waals surface area contributed by atoms with Crippen molar-refractivity contribution < 1.29 is 14.3 Å². The third kappa shape index (κ3) is 5.43. The Balaban J connectivity index is 0.00000342. The van der Waals surface area contributed by atoms with E-state index in [2.05, 4.69) is 10.6 Å². The molecule has 0 radical (unpaired) electrons. The number of hydrogen-bond acceptors (Lipinski definition) is 5. The minimum absolute atomic E-state index is 0. The number of amides is 2. The van der Waals surface area contributed by atoms with Gasteiger partial charge in [-0.15, -0.1) is 12.4 Å². The van der Waals surface area contributed by atoms with Crippen LogP contribution in [-0.4, -0.2) is 41.4 Å². The Hall–Kier alpha value is -3.12. The van der Waals surface area contributed by atoms with E-state index in [1.165, 1.54) is 11.0 Å². The second kappa shape index (κ2) is 10.6. The molecule has 0 unspecified atom stereocenters. The summed E-state index contributed by atoms with van der Waals surface area (Å²) in [6.07, 6.45) is 1.52. The minimum Gasteiger partial charge on any atom is -0.378 e. The predicted molar refractivity (Wildman–Crippen MR) is 136 cm³/mol. The van der Waals surface area contributed by atoms with E-state index in [1.54, 1.807) is 36.4 Å². The first kappa shape index (κ1) is 26.5. The normalized spacial score (nSPS) is 24.1. The molecular formula is C25H27Cl2N5O3. The average Bonchev–Trinajstić information content (AvgIpc) is 2.80. The first-order valence-electron chi connectivity index (χ1n) is 11.1. The molecule has 8 nitrogen and oxygen atoms in total. The molecule has 2 fully saturated rings. The summed E-state index contributed by atoms with van der Waals surface area (Å²) in [7, 11) is 0. The van der Waals surface area contributed by atoms with Crippen molar-refractivity contribution in [1.82, 2.24) is 10.2 Å². The lowest BCUT2D eigenvalue weighted by molar-refractivity contribution is -0.134. The molecule has 35 heavy (non-hydrogen) atoms. The van der Waals surface area contributed by atoms with Crippen LogP contribution in [0.4, 0.5) is 5.69 Å². The lowest BCUT2D eigenvalue weighted by Crippen LogP contribution is -2.63. The Morgan fingerprint density at radius 2 is 2.09 bits per heavy atom. The predicted octanol–water partition coefficient (Wildman–Crippen LogP) is 4.43. The highest BCUT2D eigenvalue weighted by molar-refractivity contribution is 6.35. The number of nitriles is 1. The van der Waals surface area contributed by atoms with E-state index in [1.807, 2.05) is 19.9 Å². The van der Waals surface area contributed by atoms with Gasteiger partial charge < -0.3 is 15.4 Å². The van der Waals surface area contributed by atoms with Crippen LogP contribution in [0.3, 0.4) is 0 Å². The highest BCUT2D eigenvalue weighted by atomic mass is 35.5. The van der Waals surface area contributed by atoms with Crippen LogP contribution in [0.2, 0.25) is 5.02 Å². The first-order valence-corrected chi connectivity index (χ1v) is 11.5. The quantitative estimate of drug-likeness (QED) is 0.556. The van der Waals surface area contributed by atoms with Gasteiger partial charge in [-0.2, -0.15) is 5.26 Å². The van der Waals surface area contributed by atoms with Gasteiger partial charge in [0, 0.05) is 18.2 Å². The third-order valence-corrected chi connectivity index (χ3v) is 6.73. The standard InChI is InChI=1S/C25H26ClN5O3.ClH/c1-15-11-18(9-10-34-15)31-21(32)13-25(2,30-24(31)28)19-7-4-8-20(22(19)26)29-23(33)17-6-3-5-16(12-17)14-27;/h3-8,12,15,18H,9-11,13H2,1-2H3,(H2,28,30)(H,29,33);1H/t15-,18-,25+;/m1./s1. The largest absolute Gasteiger partial charge is 0.378 e. The van der Waals surface area contributed by atoms with Crippen LogP contribution in [0, 0.1) is 16.7 Å². The number of benzene rings is 2. The fourth-order valence-corrected chi connectivity index (χ4v) is 5.00. The molecule has 3 N–H and O–H groups in total. The molecule has 2 aliphatic rings. The Bertz CT molecular complexity index is 1180. The molecule has 2 aliphatic heterocycles. The van der Waals surface area contributed by atoms with Gasteiger partial charge in [-0.1, -0.05) is 29.8 Å². The van der Waals surface area contributed by atoms with Gasteiger partial charge in [0.05, 0.1) is 40.4 Å². The number of rotatable bonds is 4. The van der Waals surface area contributed by atoms with Crippen LogP contribution >= 0.6 is 24.0 Å². The first-order chi connectivity index (χ1) is 16.2. The summed E-state index contributed by atoms with van der Waals surface area (Å²) in [6, 6.07) is 13.5. The zero-order chi connectivity index (χ0) is 24.5. The van der Waals surface area contributed by atoms with Gasteiger partial charge in [0.1, 0.15) is 0 Å². The van der Waals surface area contributed by atoms with Gasteiger partial charge in [-0.3, -0.25) is 19.9 Å². The molecular weight excluding hydrogens is 489 g/mol. The highest BCUT2D eigenvalue weighted by Gasteiger charge is 2.43. The van der Waals surface area contributed by atoms with E-state index in [4.69, 9.17) is 27.0 Å². The second-order valence-electron chi connectivity index (χ2n) is 8.92. The number of hydrogen-bond donors (Lipinski definition) is 3. The number of guanidine groups is 1. The molecule has 2 amide bonds. The third-order valence-electron chi connectivity index (χ3n) is 6.33. The molecule has 4 rings (SSSR count). The number of carbonyl (C=O) groups excluding carboxylic acids is 2. The summed E-state index contributed by atoms with van der Waals surface area (Å²) in [5, 5.41) is 23.9. The molecule has 184 valence electrons. The lowest BCUT2D eigenvalue weighted by Gasteiger charge is -2.45. The molecule has 2 aromatic rings. The number of anilines is 1. The molecule has 0 spiro atoms. The molecule has 0 aromatic heterocycles. The molecule has 2 saturated heterocycles. The topological polar surface area (TPSA) is 118 Å². The minimum atomic E-state index is -0.917. The molecule has 0 saturated carbocycles. The van der Waals surface area contributed by atoms with Crippen molar-refractivity contribution in [3.05, 3.63) is 64.2 Å². The van der Waals surface area contributed by atoms with E-state index in [9.17, 15) is 9.59 Å². The molecule has 0 aliphatic carbocycles. The number of nitrogens with one attached hydrogen (secondary N) is 3. The second-order valence-corrected chi connectivity index (χ2v) is 9.30. The van der Waals surface area contributed by atoms with Crippen LogP contribution in [0.1, 0.15) is 54.6 Å². The van der Waals surface area contributed by atoms with Crippen LogP contribution in [0.15, 0.2) is 42.5 Å². The van der Waals surface area contributed by atoms with Gasteiger partial charge in [0.15, 0.2) is 5.96 Å². The van der Waals surface area contributed by atoms with Crippen molar-refractivity contribution in [3.63, 3.8) is 0 Å². The Labute approximate surface area is 215 Å². The summed E-state index contributed by atoms with van der Waals surface area (Å²) in [6.45, 7) is 4.36. The fourth-order valence-electron chi connectivity index (χ4n) is 4.61. The number of nitrogens with zero attached hydrogens (tertiary/aromatic N) is 2. The Morgan fingerprint density at radius 1 is 1.34 bits per heavy atom. The molecule has 3 atom stereocenters. The van der Waals surface area contributed by atoms with E-state index < -0.39 is 11.4 Å². The monoisotopic (exact) mass is 515 g/mol. The van der Waals surface area contributed by atoms with Crippen molar-refractivity contribution in [2.45, 2.75) is 50.8 Å². The van der Waals surface area contributed by atoms with Crippen molar-refractivity contribution in [3.8, 4) is 6.07 Å². The van der Waals surface area contributed by atoms with E-state index in [0.717, 1.165) is 0 Å². The van der Waals surface area contributed by atoms with Gasteiger partial charge >= 0.3 is 0 Å². The van der Waals surface area contributed by atoms with Crippen LogP contribution in [0.25, 0.3) is 0 Å². The van der Waals surface area contributed by atoms with Gasteiger partial charge in [0.25, 0.3) is 5.91 Å². The van der Waals surface area contributed by atoms with Crippen molar-refractivity contribution in [1.29, 1.82) is 10.7 Å². The molecule has 10 heteroatoms. The van der Waals surface area contributed by atoms with Crippen LogP contribution in [-0.2, 0) is 15.1 Å². The average molecular weight is 516 g/mol. The number of halogens is 2. The SMILES string of the molecule is C[C@@H]1C[C@H](N2C(=N)N[C@](C)(c3cccc(NC(=O)c4cccc(C#N)c4)c3Cl)CC2=O)CCO1.Cl. The Kier molecular flexibility index (Phi) is 8.06. The Morgan fingerprint density at radius 3 is 2.77 bits per heavy atom. The summed E-state index contributed by atoms with van der Waals surface area (Å²) < 4.78 is 5.59. The summed E-state index contributed by atoms with van der Waals surface area (Å²) in [5.41, 5.74) is 0.790. The van der Waals surface area contributed by atoms with Crippen molar-refractivity contribution >= 4 is 47.5 Å². The van der Waals surface area contributed by atoms with Gasteiger partial charge in [0.2, 0.25) is 5.91 Å². The maximum absolute atomic E-state index is 13.2. The molecule has 0 bridgehead atoms. The van der Waals surface area contributed by atoms with Gasteiger partial charge in [-0.25, -0.2) is 0 Å². The van der Waals surface area contributed by atoms with E-state index in [-0.39, 0.29) is 47.9 Å². The van der Waals surface area contributed by atoms with Gasteiger partial charge in [-0.05, 0) is 56.5 Å². The number of carbonyl (C=O) groups is 2. The van der Waals surface area contributed by atoms with E-state index in [0.29, 0.717) is 41.8 Å². The van der Waals surface area contributed by atoms with Crippen LogP contribution in [0.5, 0.6) is 0 Å². The van der Waals surface area contributed by atoms with Crippen LogP contribution < -0.4 is 10.6 Å². The zero-order valence-electron chi connectivity index (χ0n) is 19.4. The van der Waals surface area contributed by atoms with Crippen molar-refractivity contribution in [2.24, 2.45) is 0 Å². The molecule has 2 aromatic carbocycles. The maximum Gasteiger partial charge on any atom is 0.255 e. The summed E-state index contributed by atoms with van der Waals surface area (Å²) in [4.78, 5) is 27.5. The zero-order valence-corrected chi connectivity index (χ0v) is 21.0. The highest BCUT2D eigenvalue weighted by Crippen LogP contribution is 2.38. The molecule has 2 heterocycles. The maximum atomic E-state index is 13.2. The van der Waals surface area contributed by atoms with Crippen molar-refractivity contribution in [2.75, 3.05) is 11.9 Å². The smallest absolute Gasteiger partial charge is 0.255 e. The summed E-state index contributed by atoms with van der Waals surface area (Å²) >= 11 is 6.70. The summed E-state index contributed by atoms with van der Waals surface area (Å²) in [5.74, 6) is -0.512. The lowest BCUT2D eigenvalue weighted by atomic mass is 9.85. The fraction of sp³-hybridized carbons (Fsp3) is 0.360. The number of ether oxygens (including phenoxy) is 1.